The molecule has 0 aromatic heterocycles. The van der Waals surface area contributed by atoms with Crippen LogP contribution in [0.2, 0.25) is 0 Å². The molecule has 1 saturated heterocycles. The lowest BCUT2D eigenvalue weighted by Crippen LogP contribution is -2.38. The summed E-state index contributed by atoms with van der Waals surface area (Å²) in [6.45, 7) is -0.198. The number of ether oxygens (including phenoxy) is 1. The van der Waals surface area contributed by atoms with Crippen molar-refractivity contribution in [2.75, 3.05) is 23.4 Å². The average molecular weight is 352 g/mol. The maximum Gasteiger partial charge on any atom is 0.258 e. The molecule has 2 amide bonds. The number of carbonyl (C=O) groups is 2. The van der Waals surface area contributed by atoms with E-state index in [0.29, 0.717) is 17.9 Å². The van der Waals surface area contributed by atoms with Crippen LogP contribution >= 0.6 is 0 Å². The maximum atomic E-state index is 11.8. The van der Waals surface area contributed by atoms with E-state index in [-0.39, 0.29) is 41.9 Å². The molecule has 1 aromatic rings. The summed E-state index contributed by atoms with van der Waals surface area (Å²) in [4.78, 5) is 23.6. The number of hydrogen-bond acceptors (Lipinski definition) is 5. The third kappa shape index (κ3) is 4.70. The van der Waals surface area contributed by atoms with Gasteiger partial charge < -0.3 is 15.4 Å². The number of benzene rings is 1. The van der Waals surface area contributed by atoms with Crippen molar-refractivity contribution in [1.29, 1.82) is 0 Å². The van der Waals surface area contributed by atoms with E-state index >= 15 is 0 Å². The van der Waals surface area contributed by atoms with Gasteiger partial charge in [0.25, 0.3) is 5.91 Å². The minimum Gasteiger partial charge on any atom is -0.484 e. The summed E-state index contributed by atoms with van der Waals surface area (Å²) in [6, 6.07) is 6.51. The molecule has 1 aliphatic carbocycles. The van der Waals surface area contributed by atoms with Crippen LogP contribution < -0.4 is 15.4 Å². The average Bonchev–Trinajstić information content (AvgIpc) is 3.31. The van der Waals surface area contributed by atoms with Gasteiger partial charge in [-0.05, 0) is 31.4 Å². The molecule has 1 aliphatic heterocycles. The van der Waals surface area contributed by atoms with E-state index in [1.165, 1.54) is 0 Å². The van der Waals surface area contributed by atoms with Crippen LogP contribution in [0, 0.1) is 5.92 Å². The van der Waals surface area contributed by atoms with Gasteiger partial charge in [-0.1, -0.05) is 6.07 Å². The van der Waals surface area contributed by atoms with Gasteiger partial charge >= 0.3 is 0 Å². The van der Waals surface area contributed by atoms with Gasteiger partial charge in [0.2, 0.25) is 5.91 Å². The van der Waals surface area contributed by atoms with Crippen LogP contribution in [0.4, 0.5) is 5.69 Å². The number of nitrogens with one attached hydrogen (secondary N) is 2. The monoisotopic (exact) mass is 352 g/mol. The molecule has 8 heteroatoms. The van der Waals surface area contributed by atoms with Crippen molar-refractivity contribution in [3.8, 4) is 5.75 Å². The Morgan fingerprint density at radius 1 is 1.21 bits per heavy atom. The topological polar surface area (TPSA) is 102 Å². The molecule has 0 spiro atoms. The van der Waals surface area contributed by atoms with Gasteiger partial charge in [0, 0.05) is 23.7 Å². The number of anilines is 1. The molecular weight excluding hydrogens is 332 g/mol. The maximum absolute atomic E-state index is 11.8. The Morgan fingerprint density at radius 3 is 2.67 bits per heavy atom. The molecule has 24 heavy (non-hydrogen) atoms. The predicted molar refractivity (Wildman–Crippen MR) is 88.5 cm³/mol. The smallest absolute Gasteiger partial charge is 0.258 e. The van der Waals surface area contributed by atoms with Crippen molar-refractivity contribution in [1.82, 2.24) is 5.32 Å². The fourth-order valence-electron chi connectivity index (χ4n) is 2.58. The molecule has 1 saturated carbocycles. The standard InChI is InChI=1S/C16H20N2O5S/c19-15(17-13-6-7-24(21,22)10-13)9-23-14-3-1-2-12(8-14)18-16(20)11-4-5-11/h1-3,8,11,13H,4-7,9-10H2,(H,17,19)(H,18,20). The quantitative estimate of drug-likeness (QED) is 0.785. The normalized spacial score (nSPS) is 21.9. The van der Waals surface area contributed by atoms with Crippen LogP contribution in [0.15, 0.2) is 24.3 Å². The SMILES string of the molecule is O=C(COc1cccc(NC(=O)C2CC2)c1)NC1CCS(=O)(=O)C1. The Labute approximate surface area is 140 Å². The molecule has 7 nitrogen and oxygen atoms in total. The molecular formula is C16H20N2O5S. The van der Waals surface area contributed by atoms with Crippen LogP contribution in [0.3, 0.4) is 0 Å². The van der Waals surface area contributed by atoms with E-state index in [4.69, 9.17) is 4.74 Å². The Hall–Kier alpha value is -2.09. The molecule has 130 valence electrons. The Kier molecular flexibility index (Phi) is 4.75. The fraction of sp³-hybridized carbons (Fsp3) is 0.500. The first-order valence-electron chi connectivity index (χ1n) is 7.95. The lowest BCUT2D eigenvalue weighted by Gasteiger charge is -2.12. The van der Waals surface area contributed by atoms with E-state index in [2.05, 4.69) is 10.6 Å². The second kappa shape index (κ2) is 6.80. The van der Waals surface area contributed by atoms with E-state index in [1.54, 1.807) is 24.3 Å². The third-order valence-corrected chi connectivity index (χ3v) is 5.79. The van der Waals surface area contributed by atoms with Gasteiger partial charge in [-0.3, -0.25) is 9.59 Å². The van der Waals surface area contributed by atoms with Crippen molar-refractivity contribution in [2.45, 2.75) is 25.3 Å². The predicted octanol–water partition coefficient (Wildman–Crippen LogP) is 0.717. The van der Waals surface area contributed by atoms with Crippen molar-refractivity contribution in [3.05, 3.63) is 24.3 Å². The van der Waals surface area contributed by atoms with E-state index in [0.717, 1.165) is 12.8 Å². The zero-order chi connectivity index (χ0) is 17.2. The zero-order valence-electron chi connectivity index (χ0n) is 13.2. The summed E-state index contributed by atoms with van der Waals surface area (Å²) in [5, 5.41) is 5.48. The molecule has 1 heterocycles. The van der Waals surface area contributed by atoms with Crippen molar-refractivity contribution < 1.29 is 22.7 Å². The minimum absolute atomic E-state index is 0.00679. The van der Waals surface area contributed by atoms with Gasteiger partial charge in [-0.2, -0.15) is 0 Å². The second-order valence-electron chi connectivity index (χ2n) is 6.25. The minimum atomic E-state index is -3.02. The first-order valence-corrected chi connectivity index (χ1v) is 9.77. The van der Waals surface area contributed by atoms with Gasteiger partial charge in [0.1, 0.15) is 5.75 Å². The van der Waals surface area contributed by atoms with Gasteiger partial charge in [-0.25, -0.2) is 8.42 Å². The third-order valence-electron chi connectivity index (χ3n) is 4.02. The summed E-state index contributed by atoms with van der Waals surface area (Å²) < 4.78 is 28.1. The van der Waals surface area contributed by atoms with Crippen LogP contribution in [0.5, 0.6) is 5.75 Å². The van der Waals surface area contributed by atoms with Crippen LogP contribution in [0.25, 0.3) is 0 Å². The highest BCUT2D eigenvalue weighted by Crippen LogP contribution is 2.30. The van der Waals surface area contributed by atoms with Crippen molar-refractivity contribution in [2.24, 2.45) is 5.92 Å². The Morgan fingerprint density at radius 2 is 2.00 bits per heavy atom. The van der Waals surface area contributed by atoms with Crippen molar-refractivity contribution in [3.63, 3.8) is 0 Å². The molecule has 2 fully saturated rings. The molecule has 2 aliphatic rings. The molecule has 1 atom stereocenters. The lowest BCUT2D eigenvalue weighted by molar-refractivity contribution is -0.123. The zero-order valence-corrected chi connectivity index (χ0v) is 14.0. The molecule has 0 bridgehead atoms. The summed E-state index contributed by atoms with van der Waals surface area (Å²) in [5.41, 5.74) is 0.631. The highest BCUT2D eigenvalue weighted by atomic mass is 32.2. The highest BCUT2D eigenvalue weighted by molar-refractivity contribution is 7.91. The Bertz CT molecular complexity index is 743. The summed E-state index contributed by atoms with van der Waals surface area (Å²) >= 11 is 0. The lowest BCUT2D eigenvalue weighted by atomic mass is 10.2. The van der Waals surface area contributed by atoms with Gasteiger partial charge in [0.15, 0.2) is 16.4 Å². The van der Waals surface area contributed by atoms with Crippen LogP contribution in [-0.2, 0) is 19.4 Å². The molecule has 2 N–H and O–H groups in total. The largest absolute Gasteiger partial charge is 0.484 e. The molecule has 3 rings (SSSR count). The first kappa shape index (κ1) is 16.8. The van der Waals surface area contributed by atoms with Crippen LogP contribution in [0.1, 0.15) is 19.3 Å². The number of sulfone groups is 1. The first-order chi connectivity index (χ1) is 11.4. The van der Waals surface area contributed by atoms with Gasteiger partial charge in [0.05, 0.1) is 11.5 Å². The summed E-state index contributed by atoms with van der Waals surface area (Å²) in [7, 11) is -3.02. The molecule has 1 aromatic carbocycles. The molecule has 0 radical (unpaired) electrons. The van der Waals surface area contributed by atoms with E-state index < -0.39 is 9.84 Å². The van der Waals surface area contributed by atoms with Crippen molar-refractivity contribution >= 4 is 27.3 Å². The summed E-state index contributed by atoms with van der Waals surface area (Å²) in [6.07, 6.45) is 2.30. The van der Waals surface area contributed by atoms with E-state index in [1.807, 2.05) is 0 Å². The fourth-order valence-corrected chi connectivity index (χ4v) is 4.25. The van der Waals surface area contributed by atoms with E-state index in [9.17, 15) is 18.0 Å². The molecule has 1 unspecified atom stereocenters. The number of amides is 2. The number of hydrogen-bond donors (Lipinski definition) is 2. The number of carbonyl (C=O) groups excluding carboxylic acids is 2. The Balaban J connectivity index is 1.47. The van der Waals surface area contributed by atoms with Crippen LogP contribution in [-0.4, -0.2) is 44.4 Å². The summed E-state index contributed by atoms with van der Waals surface area (Å²) in [5.74, 6) is 0.334. The highest BCUT2D eigenvalue weighted by Gasteiger charge is 2.30. The van der Waals surface area contributed by atoms with Gasteiger partial charge in [-0.15, -0.1) is 0 Å². The second-order valence-corrected chi connectivity index (χ2v) is 8.48. The number of rotatable bonds is 6.